The van der Waals surface area contributed by atoms with Crippen molar-refractivity contribution in [2.45, 2.75) is 38.7 Å². The van der Waals surface area contributed by atoms with E-state index in [0.29, 0.717) is 6.54 Å². The van der Waals surface area contributed by atoms with Crippen LogP contribution in [0, 0.1) is 0 Å². The minimum Gasteiger partial charge on any atom is -0.389 e. The number of aliphatic hydroxyl groups is 1. The molecule has 0 aliphatic rings. The molecule has 0 rings (SSSR count). The first-order valence-electron chi connectivity index (χ1n) is 3.55. The maximum atomic E-state index is 9.33. The third kappa shape index (κ3) is 4.43. The maximum Gasteiger partial charge on any atom is 0.0741 e. The van der Waals surface area contributed by atoms with E-state index in [1.165, 1.54) is 0 Å². The lowest BCUT2D eigenvalue weighted by atomic mass is 10.00. The van der Waals surface area contributed by atoms with E-state index in [1.807, 2.05) is 0 Å². The van der Waals surface area contributed by atoms with E-state index >= 15 is 0 Å². The van der Waals surface area contributed by atoms with Gasteiger partial charge in [0.1, 0.15) is 0 Å². The molecule has 0 saturated carbocycles. The van der Waals surface area contributed by atoms with Crippen LogP contribution in [0.2, 0.25) is 0 Å². The van der Waals surface area contributed by atoms with Gasteiger partial charge in [-0.15, -0.1) is 0 Å². The summed E-state index contributed by atoms with van der Waals surface area (Å²) in [6, 6.07) is 0. The van der Waals surface area contributed by atoms with Gasteiger partial charge in [-0.3, -0.25) is 0 Å². The molecular formula is C7H17NO. The van der Waals surface area contributed by atoms with Gasteiger partial charge >= 0.3 is 0 Å². The van der Waals surface area contributed by atoms with Gasteiger partial charge in [0.25, 0.3) is 0 Å². The molecule has 0 spiro atoms. The predicted octanol–water partition coefficient (Wildman–Crippen LogP) is 0.886. The second-order valence-electron chi connectivity index (χ2n) is 2.80. The van der Waals surface area contributed by atoms with Crippen molar-refractivity contribution in [2.75, 3.05) is 6.54 Å². The molecule has 0 aromatic carbocycles. The Kier molecular flexibility index (Phi) is 3.82. The Morgan fingerprint density at radius 3 is 2.44 bits per heavy atom. The Labute approximate surface area is 57.1 Å². The van der Waals surface area contributed by atoms with Crippen LogP contribution in [0.1, 0.15) is 33.1 Å². The molecule has 0 amide bonds. The van der Waals surface area contributed by atoms with Crippen LogP contribution in [-0.2, 0) is 0 Å². The molecule has 0 aliphatic carbocycles. The number of hydrogen-bond acceptors (Lipinski definition) is 2. The van der Waals surface area contributed by atoms with Crippen molar-refractivity contribution >= 4 is 0 Å². The summed E-state index contributed by atoms with van der Waals surface area (Å²) < 4.78 is 0. The zero-order valence-corrected chi connectivity index (χ0v) is 6.35. The SMILES string of the molecule is CCCCC(C)(O)CN. The summed E-state index contributed by atoms with van der Waals surface area (Å²) >= 11 is 0. The lowest BCUT2D eigenvalue weighted by Crippen LogP contribution is -2.33. The zero-order valence-electron chi connectivity index (χ0n) is 6.35. The summed E-state index contributed by atoms with van der Waals surface area (Å²) in [7, 11) is 0. The standard InChI is InChI=1S/C7H17NO/c1-3-4-5-7(2,9)6-8/h9H,3-6,8H2,1-2H3. The fourth-order valence-corrected chi connectivity index (χ4v) is 0.660. The van der Waals surface area contributed by atoms with Crippen LogP contribution in [-0.4, -0.2) is 17.3 Å². The highest BCUT2D eigenvalue weighted by atomic mass is 16.3. The van der Waals surface area contributed by atoms with Crippen LogP contribution in [0.15, 0.2) is 0 Å². The fourth-order valence-electron chi connectivity index (χ4n) is 0.660. The van der Waals surface area contributed by atoms with Crippen LogP contribution < -0.4 is 5.73 Å². The average molecular weight is 131 g/mol. The second-order valence-corrected chi connectivity index (χ2v) is 2.80. The van der Waals surface area contributed by atoms with E-state index in [1.54, 1.807) is 6.92 Å². The van der Waals surface area contributed by atoms with Crippen molar-refractivity contribution in [3.63, 3.8) is 0 Å². The quantitative estimate of drug-likeness (QED) is 0.595. The van der Waals surface area contributed by atoms with Gasteiger partial charge in [0.15, 0.2) is 0 Å². The molecule has 0 heterocycles. The van der Waals surface area contributed by atoms with E-state index in [2.05, 4.69) is 6.92 Å². The smallest absolute Gasteiger partial charge is 0.0741 e. The number of unbranched alkanes of at least 4 members (excludes halogenated alkanes) is 1. The molecule has 1 atom stereocenters. The Balaban J connectivity index is 3.33. The van der Waals surface area contributed by atoms with Crippen LogP contribution in [0.5, 0.6) is 0 Å². The van der Waals surface area contributed by atoms with Gasteiger partial charge in [0.2, 0.25) is 0 Å². The summed E-state index contributed by atoms with van der Waals surface area (Å²) in [5.74, 6) is 0. The number of nitrogens with two attached hydrogens (primary N) is 1. The van der Waals surface area contributed by atoms with E-state index in [0.717, 1.165) is 19.3 Å². The van der Waals surface area contributed by atoms with Gasteiger partial charge in [-0.1, -0.05) is 19.8 Å². The number of hydrogen-bond donors (Lipinski definition) is 2. The van der Waals surface area contributed by atoms with Crippen molar-refractivity contribution in [3.05, 3.63) is 0 Å². The first-order valence-corrected chi connectivity index (χ1v) is 3.55. The monoisotopic (exact) mass is 131 g/mol. The lowest BCUT2D eigenvalue weighted by Gasteiger charge is -2.19. The highest BCUT2D eigenvalue weighted by molar-refractivity contribution is 4.72. The lowest BCUT2D eigenvalue weighted by molar-refractivity contribution is 0.0577. The summed E-state index contributed by atoms with van der Waals surface area (Å²) in [6.45, 7) is 4.25. The molecule has 56 valence electrons. The molecule has 0 aromatic rings. The Morgan fingerprint density at radius 2 is 2.11 bits per heavy atom. The first-order chi connectivity index (χ1) is 4.12. The normalized spacial score (nSPS) is 17.3. The molecule has 0 aromatic heterocycles. The highest BCUT2D eigenvalue weighted by Crippen LogP contribution is 2.10. The Hall–Kier alpha value is -0.0800. The molecule has 0 bridgehead atoms. The van der Waals surface area contributed by atoms with E-state index < -0.39 is 5.60 Å². The van der Waals surface area contributed by atoms with Crippen LogP contribution >= 0.6 is 0 Å². The molecule has 0 aliphatic heterocycles. The Bertz CT molecular complexity index is 71.3. The van der Waals surface area contributed by atoms with Gasteiger partial charge in [0.05, 0.1) is 5.60 Å². The van der Waals surface area contributed by atoms with Crippen molar-refractivity contribution in [1.82, 2.24) is 0 Å². The molecule has 1 unspecified atom stereocenters. The summed E-state index contributed by atoms with van der Waals surface area (Å²) in [4.78, 5) is 0. The summed E-state index contributed by atoms with van der Waals surface area (Å²) in [5, 5.41) is 9.33. The van der Waals surface area contributed by atoms with Gasteiger partial charge < -0.3 is 10.8 Å². The van der Waals surface area contributed by atoms with Crippen molar-refractivity contribution in [3.8, 4) is 0 Å². The molecule has 0 radical (unpaired) electrons. The molecule has 9 heavy (non-hydrogen) atoms. The summed E-state index contributed by atoms with van der Waals surface area (Å²) in [5.41, 5.74) is 4.67. The van der Waals surface area contributed by atoms with Crippen molar-refractivity contribution in [1.29, 1.82) is 0 Å². The topological polar surface area (TPSA) is 46.2 Å². The molecule has 3 N–H and O–H groups in total. The van der Waals surface area contributed by atoms with Crippen molar-refractivity contribution < 1.29 is 5.11 Å². The van der Waals surface area contributed by atoms with Crippen molar-refractivity contribution in [2.24, 2.45) is 5.73 Å². The molecule has 0 saturated heterocycles. The van der Waals surface area contributed by atoms with E-state index in [9.17, 15) is 5.11 Å². The predicted molar refractivity (Wildman–Crippen MR) is 39.2 cm³/mol. The van der Waals surface area contributed by atoms with E-state index in [-0.39, 0.29) is 0 Å². The third-order valence-corrected chi connectivity index (χ3v) is 1.51. The largest absolute Gasteiger partial charge is 0.389 e. The third-order valence-electron chi connectivity index (χ3n) is 1.51. The average Bonchev–Trinajstić information content (AvgIpc) is 1.84. The van der Waals surface area contributed by atoms with Gasteiger partial charge in [0, 0.05) is 6.54 Å². The van der Waals surface area contributed by atoms with Crippen LogP contribution in [0.3, 0.4) is 0 Å². The van der Waals surface area contributed by atoms with Gasteiger partial charge in [-0.2, -0.15) is 0 Å². The minimum atomic E-state index is -0.629. The second kappa shape index (κ2) is 3.85. The Morgan fingerprint density at radius 1 is 1.56 bits per heavy atom. The van der Waals surface area contributed by atoms with Crippen LogP contribution in [0.4, 0.5) is 0 Å². The first kappa shape index (κ1) is 8.92. The van der Waals surface area contributed by atoms with Crippen LogP contribution in [0.25, 0.3) is 0 Å². The minimum absolute atomic E-state index is 0.368. The van der Waals surface area contributed by atoms with Gasteiger partial charge in [-0.05, 0) is 13.3 Å². The summed E-state index contributed by atoms with van der Waals surface area (Å²) in [6.07, 6.45) is 3.00. The van der Waals surface area contributed by atoms with E-state index in [4.69, 9.17) is 5.73 Å². The highest BCUT2D eigenvalue weighted by Gasteiger charge is 2.15. The molecule has 0 fully saturated rings. The van der Waals surface area contributed by atoms with Gasteiger partial charge in [-0.25, -0.2) is 0 Å². The zero-order chi connectivity index (χ0) is 7.33. The molecule has 2 nitrogen and oxygen atoms in total. The molecular weight excluding hydrogens is 114 g/mol. The molecule has 2 heteroatoms. The fraction of sp³-hybridized carbons (Fsp3) is 1.00. The maximum absolute atomic E-state index is 9.33. The number of rotatable bonds is 4.